The molecule has 5 heterocycles. The summed E-state index contributed by atoms with van der Waals surface area (Å²) in [5.41, 5.74) is 4.02. The van der Waals surface area contributed by atoms with E-state index in [0.717, 1.165) is 63.8 Å². The Hall–Kier alpha value is -2.98. The van der Waals surface area contributed by atoms with Gasteiger partial charge in [0.25, 0.3) is 6.43 Å². The van der Waals surface area contributed by atoms with Crippen molar-refractivity contribution in [2.45, 2.75) is 84.4 Å². The maximum Gasteiger partial charge on any atom is 0.410 e. The summed E-state index contributed by atoms with van der Waals surface area (Å²) in [5, 5.41) is 5.19. The van der Waals surface area contributed by atoms with Crippen LogP contribution >= 0.6 is 11.3 Å². The average Bonchev–Trinajstić information content (AvgIpc) is 3.55. The molecule has 1 aromatic carbocycles. The lowest BCUT2D eigenvalue weighted by Crippen LogP contribution is -2.40. The molecule has 1 fully saturated rings. The number of aromatic nitrogens is 2. The molecule has 7 nitrogen and oxygen atoms in total. The third kappa shape index (κ3) is 5.60. The Labute approximate surface area is 244 Å². The second-order valence-electron chi connectivity index (χ2n) is 12.2. The molecule has 3 aliphatic heterocycles. The lowest BCUT2D eigenvalue weighted by molar-refractivity contribution is 0.0220. The number of fused-ring (bicyclic) bond motifs is 2. The van der Waals surface area contributed by atoms with Crippen molar-refractivity contribution in [1.82, 2.24) is 14.7 Å². The number of nitrogens with zero attached hydrogens (tertiary/aromatic N) is 4. The van der Waals surface area contributed by atoms with E-state index in [1.54, 1.807) is 22.3 Å². The zero-order chi connectivity index (χ0) is 28.9. The van der Waals surface area contributed by atoms with Gasteiger partial charge in [0.2, 0.25) is 0 Å². The molecule has 0 unspecified atom stereocenters. The van der Waals surface area contributed by atoms with Gasteiger partial charge in [-0.15, -0.1) is 11.3 Å². The highest BCUT2D eigenvalue weighted by molar-refractivity contribution is 7.15. The molecule has 0 saturated carbocycles. The summed E-state index contributed by atoms with van der Waals surface area (Å²) in [6, 6.07) is 7.77. The van der Waals surface area contributed by atoms with Crippen molar-refractivity contribution < 1.29 is 23.0 Å². The van der Waals surface area contributed by atoms with E-state index in [4.69, 9.17) is 14.6 Å². The number of hydrogen-bond donors (Lipinski definition) is 0. The molecular weight excluding hydrogens is 546 g/mol. The van der Waals surface area contributed by atoms with Crippen molar-refractivity contribution in [3.63, 3.8) is 0 Å². The molecular formula is C31H38F2N4O3S. The van der Waals surface area contributed by atoms with Crippen LogP contribution in [0.5, 0.6) is 0 Å². The van der Waals surface area contributed by atoms with Crippen LogP contribution in [0.4, 0.5) is 25.1 Å². The van der Waals surface area contributed by atoms with E-state index in [0.29, 0.717) is 44.8 Å². The van der Waals surface area contributed by atoms with Crippen LogP contribution in [0.15, 0.2) is 24.3 Å². The number of amides is 1. The largest absolute Gasteiger partial charge is 0.444 e. The smallest absolute Gasteiger partial charge is 0.410 e. The maximum absolute atomic E-state index is 14.5. The predicted octanol–water partition coefficient (Wildman–Crippen LogP) is 7.59. The van der Waals surface area contributed by atoms with Crippen LogP contribution in [-0.2, 0) is 28.9 Å². The normalized spacial score (nSPS) is 18.0. The SMILES string of the molecule is Cc1ccc(-c2cc3c(cc2C(F)F)N(c2nn(C4CCOCC4)c4c2CN(C(=O)OC(C)(C)C)CC4)CCC3)s1. The standard InChI is InChI=1S/C31H38F2N4O3S/c1-19-7-8-27(41-19)22-16-20-6-5-12-36(26(20)17-23(22)28(32)33)29-24-18-35(30(38)40-31(2,3)4)13-9-25(24)37(34-29)21-10-14-39-15-11-21/h7-8,16-17,21,28H,5-6,9-15,18H2,1-4H3. The molecule has 2 aromatic heterocycles. The third-order valence-electron chi connectivity index (χ3n) is 8.12. The highest BCUT2D eigenvalue weighted by Crippen LogP contribution is 2.44. The highest BCUT2D eigenvalue weighted by atomic mass is 32.1. The Kier molecular flexibility index (Phi) is 7.57. The monoisotopic (exact) mass is 584 g/mol. The first kappa shape index (κ1) is 28.2. The van der Waals surface area contributed by atoms with Crippen LogP contribution in [0, 0.1) is 6.92 Å². The molecule has 10 heteroatoms. The summed E-state index contributed by atoms with van der Waals surface area (Å²) in [7, 11) is 0. The fourth-order valence-corrected chi connectivity index (χ4v) is 7.11. The van der Waals surface area contributed by atoms with E-state index in [1.165, 1.54) is 0 Å². The van der Waals surface area contributed by atoms with Gasteiger partial charge in [0, 0.05) is 70.6 Å². The summed E-state index contributed by atoms with van der Waals surface area (Å²) in [6.07, 6.45) is 1.18. The fraction of sp³-hybridized carbons (Fsp3) is 0.548. The van der Waals surface area contributed by atoms with Gasteiger partial charge in [-0.25, -0.2) is 13.6 Å². The number of hydrogen-bond acceptors (Lipinski definition) is 6. The van der Waals surface area contributed by atoms with E-state index in [-0.39, 0.29) is 17.7 Å². The molecule has 1 amide bonds. The Morgan fingerprint density at radius 2 is 1.93 bits per heavy atom. The van der Waals surface area contributed by atoms with Gasteiger partial charge in [-0.3, -0.25) is 4.68 Å². The second-order valence-corrected chi connectivity index (χ2v) is 13.5. The van der Waals surface area contributed by atoms with Gasteiger partial charge in [-0.2, -0.15) is 5.10 Å². The molecule has 0 bridgehead atoms. The number of ether oxygens (including phenoxy) is 2. The van der Waals surface area contributed by atoms with Crippen molar-refractivity contribution in [3.8, 4) is 10.4 Å². The molecule has 3 aliphatic rings. The lowest BCUT2D eigenvalue weighted by Gasteiger charge is -2.34. The predicted molar refractivity (Wildman–Crippen MR) is 156 cm³/mol. The zero-order valence-corrected chi connectivity index (χ0v) is 25.0. The second kappa shape index (κ2) is 11.0. The van der Waals surface area contributed by atoms with E-state index >= 15 is 0 Å². The van der Waals surface area contributed by atoms with Gasteiger partial charge in [0.1, 0.15) is 5.60 Å². The quantitative estimate of drug-likeness (QED) is 0.316. The van der Waals surface area contributed by atoms with Crippen molar-refractivity contribution in [3.05, 3.63) is 51.5 Å². The summed E-state index contributed by atoms with van der Waals surface area (Å²) in [4.78, 5) is 18.9. The first-order chi connectivity index (χ1) is 19.6. The molecule has 6 rings (SSSR count). The van der Waals surface area contributed by atoms with Crippen LogP contribution in [0.25, 0.3) is 10.4 Å². The molecule has 1 saturated heterocycles. The molecule has 0 spiro atoms. The fourth-order valence-electron chi connectivity index (χ4n) is 6.20. The number of thiophene rings is 1. The van der Waals surface area contributed by atoms with E-state index in [9.17, 15) is 13.6 Å². The van der Waals surface area contributed by atoms with Gasteiger partial charge >= 0.3 is 6.09 Å². The zero-order valence-electron chi connectivity index (χ0n) is 24.2. The van der Waals surface area contributed by atoms with E-state index in [2.05, 4.69) is 9.58 Å². The number of halogens is 2. The lowest BCUT2D eigenvalue weighted by atomic mass is 9.94. The Bertz CT molecular complexity index is 1440. The van der Waals surface area contributed by atoms with Gasteiger partial charge in [0.05, 0.1) is 12.6 Å². The number of rotatable bonds is 4. The van der Waals surface area contributed by atoms with Crippen LogP contribution in [0.1, 0.15) is 79.8 Å². The van der Waals surface area contributed by atoms with Crippen LogP contribution in [0.3, 0.4) is 0 Å². The highest BCUT2D eigenvalue weighted by Gasteiger charge is 2.35. The maximum atomic E-state index is 14.5. The minimum Gasteiger partial charge on any atom is -0.444 e. The number of anilines is 2. The minimum atomic E-state index is -2.60. The summed E-state index contributed by atoms with van der Waals surface area (Å²) in [5.74, 6) is 0.764. The molecule has 3 aromatic rings. The topological polar surface area (TPSA) is 59.8 Å². The van der Waals surface area contributed by atoms with Gasteiger partial charge in [0.15, 0.2) is 5.82 Å². The summed E-state index contributed by atoms with van der Waals surface area (Å²) in [6.45, 7) is 10.6. The molecule has 220 valence electrons. The Morgan fingerprint density at radius 3 is 2.61 bits per heavy atom. The van der Waals surface area contributed by atoms with Crippen LogP contribution < -0.4 is 4.90 Å². The number of carbonyl (C=O) groups excluding carboxylic acids is 1. The van der Waals surface area contributed by atoms with Crippen molar-refractivity contribution in [1.29, 1.82) is 0 Å². The Balaban J connectivity index is 1.43. The van der Waals surface area contributed by atoms with Gasteiger partial charge in [-0.1, -0.05) is 0 Å². The van der Waals surface area contributed by atoms with Crippen molar-refractivity contribution >= 4 is 28.9 Å². The average molecular weight is 585 g/mol. The van der Waals surface area contributed by atoms with Gasteiger partial charge in [-0.05, 0) is 83.2 Å². The molecule has 0 atom stereocenters. The first-order valence-electron chi connectivity index (χ1n) is 14.5. The number of carbonyl (C=O) groups is 1. The van der Waals surface area contributed by atoms with Gasteiger partial charge < -0.3 is 19.3 Å². The third-order valence-corrected chi connectivity index (χ3v) is 9.15. The summed E-state index contributed by atoms with van der Waals surface area (Å²) < 4.78 is 42.5. The molecule has 0 aliphatic carbocycles. The minimum absolute atomic E-state index is 0.0469. The Morgan fingerprint density at radius 1 is 1.15 bits per heavy atom. The molecule has 0 radical (unpaired) electrons. The van der Waals surface area contributed by atoms with Crippen LogP contribution in [-0.4, -0.2) is 52.7 Å². The summed E-state index contributed by atoms with van der Waals surface area (Å²) >= 11 is 1.54. The van der Waals surface area contributed by atoms with Crippen LogP contribution in [0.2, 0.25) is 0 Å². The van der Waals surface area contributed by atoms with Crippen molar-refractivity contribution in [2.24, 2.45) is 0 Å². The van der Waals surface area contributed by atoms with E-state index in [1.807, 2.05) is 45.9 Å². The number of benzene rings is 1. The van der Waals surface area contributed by atoms with Crippen molar-refractivity contribution in [2.75, 3.05) is 31.2 Å². The molecule has 41 heavy (non-hydrogen) atoms. The van der Waals surface area contributed by atoms with E-state index < -0.39 is 12.0 Å². The number of aryl methyl sites for hydroxylation is 2. The number of alkyl halides is 2. The first-order valence-corrected chi connectivity index (χ1v) is 15.4. The molecule has 0 N–H and O–H groups in total.